The second-order valence-electron chi connectivity index (χ2n) is 8.42. The summed E-state index contributed by atoms with van der Waals surface area (Å²) in [5, 5.41) is 17.2. The molecule has 7 nitrogen and oxygen atoms in total. The number of hydrogen-bond acceptors (Lipinski definition) is 8. The van der Waals surface area contributed by atoms with E-state index in [1.54, 1.807) is 29.7 Å². The first kappa shape index (κ1) is 25.3. The molecule has 2 fully saturated rings. The first-order chi connectivity index (χ1) is 17.3. The summed E-state index contributed by atoms with van der Waals surface area (Å²) in [4.78, 5) is 52.2. The maximum absolute atomic E-state index is 12.8. The molecule has 2 aliphatic heterocycles. The van der Waals surface area contributed by atoms with Crippen LogP contribution in [0, 0.1) is 5.41 Å². The van der Waals surface area contributed by atoms with Crippen molar-refractivity contribution in [3.05, 3.63) is 73.4 Å². The summed E-state index contributed by atoms with van der Waals surface area (Å²) in [5.41, 5.74) is -1.39. The number of thiophene rings is 1. The highest BCUT2D eigenvalue weighted by Crippen LogP contribution is 2.43. The normalized spacial score (nSPS) is 23.5. The van der Waals surface area contributed by atoms with Crippen molar-refractivity contribution in [3.63, 3.8) is 0 Å². The Morgan fingerprint density at radius 1 is 1.28 bits per heavy atom. The first-order valence-electron chi connectivity index (χ1n) is 10.8. The maximum Gasteiger partial charge on any atom is 0.316 e. The van der Waals surface area contributed by atoms with Gasteiger partial charge in [0.15, 0.2) is 5.43 Å². The average Bonchev–Trinajstić information content (AvgIpc) is 3.35. The van der Waals surface area contributed by atoms with Gasteiger partial charge in [0.1, 0.15) is 16.8 Å². The summed E-state index contributed by atoms with van der Waals surface area (Å²) in [6.07, 6.45) is 1.81. The van der Waals surface area contributed by atoms with E-state index < -0.39 is 17.4 Å². The van der Waals surface area contributed by atoms with Gasteiger partial charge in [0.25, 0.3) is 0 Å². The Kier molecular flexibility index (Phi) is 7.19. The molecule has 0 aliphatic carbocycles. The smallest absolute Gasteiger partial charge is 0.316 e. The van der Waals surface area contributed by atoms with Crippen LogP contribution in [0.4, 0.5) is 0 Å². The predicted octanol–water partition coefficient (Wildman–Crippen LogP) is 4.30. The van der Waals surface area contributed by atoms with Gasteiger partial charge in [-0.1, -0.05) is 35.5 Å². The Morgan fingerprint density at radius 3 is 2.86 bits per heavy atom. The second kappa shape index (κ2) is 10.2. The lowest BCUT2D eigenvalue weighted by molar-refractivity contribution is -0.156. The van der Waals surface area contributed by atoms with Crippen LogP contribution in [-0.2, 0) is 20.8 Å². The molecule has 2 aliphatic rings. The highest BCUT2D eigenvalue weighted by Gasteiger charge is 2.56. The van der Waals surface area contributed by atoms with Gasteiger partial charge in [-0.05, 0) is 35.1 Å². The van der Waals surface area contributed by atoms with Crippen molar-refractivity contribution in [2.45, 2.75) is 22.0 Å². The van der Waals surface area contributed by atoms with Crippen LogP contribution in [0.5, 0.6) is 0 Å². The summed E-state index contributed by atoms with van der Waals surface area (Å²) in [5.74, 6) is -1.27. The molecule has 5 rings (SSSR count). The lowest BCUT2D eigenvalue weighted by atomic mass is 9.87. The topological polar surface area (TPSA) is 104 Å². The number of amides is 2. The highest BCUT2D eigenvalue weighted by atomic mass is 35.5. The molecule has 3 atom stereocenters. The van der Waals surface area contributed by atoms with Gasteiger partial charge in [-0.3, -0.25) is 19.2 Å². The van der Waals surface area contributed by atoms with Crippen molar-refractivity contribution in [1.29, 1.82) is 0 Å². The van der Waals surface area contributed by atoms with Gasteiger partial charge in [-0.2, -0.15) is 0 Å². The van der Waals surface area contributed by atoms with Crippen LogP contribution in [0.25, 0.3) is 10.1 Å². The van der Waals surface area contributed by atoms with E-state index in [1.807, 2.05) is 17.5 Å². The quantitative estimate of drug-likeness (QED) is 0.318. The number of carboxylic acids is 1. The summed E-state index contributed by atoms with van der Waals surface area (Å²) in [6.45, 7) is 0.0246. The fraction of sp³-hybridized carbons (Fsp3) is 0.250. The molecule has 4 heterocycles. The SMILES string of the molecule is O=C(Cc1cccs1)NC1C(=O)N2CC(C=CSc3cc(=O)c4ccc(Cl)cc4s3)(C(=O)O)CS[C@H]12. The number of carboxylic acid groups (broad SMARTS) is 1. The summed E-state index contributed by atoms with van der Waals surface area (Å²) in [6, 6.07) is 9.72. The van der Waals surface area contributed by atoms with Crippen molar-refractivity contribution < 1.29 is 19.5 Å². The number of halogens is 1. The molecular weight excluding hydrogens is 560 g/mol. The lowest BCUT2D eigenvalue weighted by Crippen LogP contribution is -2.73. The van der Waals surface area contributed by atoms with E-state index in [9.17, 15) is 24.3 Å². The zero-order valence-electron chi connectivity index (χ0n) is 18.5. The molecule has 1 aromatic carbocycles. The third-order valence-corrected chi connectivity index (χ3v) is 10.7. The lowest BCUT2D eigenvalue weighted by Gasteiger charge is -2.53. The average molecular weight is 579 g/mol. The Labute approximate surface area is 227 Å². The Balaban J connectivity index is 1.25. The number of nitrogens with zero attached hydrogens (tertiary/aromatic N) is 1. The second-order valence-corrected chi connectivity index (χ2v) is 13.3. The molecule has 0 bridgehead atoms. The standard InChI is InChI=1S/C24H19ClN2O5S4/c25-13-3-4-15-16(28)10-19(36-17(15)8-13)34-7-5-24(23(31)32)11-27-21(30)20(22(27)35-12-24)26-18(29)9-14-2-1-6-33-14/h1-8,10,20,22H,9,11-12H2,(H,26,29)(H,31,32)/t20?,22-,24?/m1/s1. The molecule has 2 N–H and O–H groups in total. The number of nitrogens with one attached hydrogen (secondary N) is 1. The number of β-lactam (4-membered cyclic amide) rings is 1. The van der Waals surface area contributed by atoms with E-state index in [0.717, 1.165) is 9.58 Å². The number of fused-ring (bicyclic) bond motifs is 2. The molecule has 186 valence electrons. The van der Waals surface area contributed by atoms with E-state index in [4.69, 9.17) is 11.6 Å². The zero-order chi connectivity index (χ0) is 25.4. The first-order valence-corrected chi connectivity index (χ1v) is 14.8. The number of rotatable bonds is 7. The van der Waals surface area contributed by atoms with Crippen molar-refractivity contribution >= 4 is 85.7 Å². The van der Waals surface area contributed by atoms with E-state index >= 15 is 0 Å². The summed E-state index contributed by atoms with van der Waals surface area (Å²) < 4.78 is 1.47. The van der Waals surface area contributed by atoms with Crippen LogP contribution in [-0.4, -0.2) is 51.5 Å². The van der Waals surface area contributed by atoms with E-state index in [1.165, 1.54) is 57.2 Å². The van der Waals surface area contributed by atoms with Crippen LogP contribution in [0.2, 0.25) is 5.02 Å². The Morgan fingerprint density at radius 2 is 2.11 bits per heavy atom. The highest BCUT2D eigenvalue weighted by molar-refractivity contribution is 8.04. The molecule has 2 saturated heterocycles. The van der Waals surface area contributed by atoms with Gasteiger partial charge in [0, 0.05) is 38.3 Å². The Bertz CT molecular complexity index is 1440. The van der Waals surface area contributed by atoms with E-state index in [2.05, 4.69) is 5.32 Å². The molecule has 2 amide bonds. The van der Waals surface area contributed by atoms with Crippen molar-refractivity contribution in [2.24, 2.45) is 5.41 Å². The molecule has 2 unspecified atom stereocenters. The predicted molar refractivity (Wildman–Crippen MR) is 146 cm³/mol. The number of thioether (sulfide) groups is 2. The zero-order valence-corrected chi connectivity index (χ0v) is 22.5. The van der Waals surface area contributed by atoms with Gasteiger partial charge in [-0.25, -0.2) is 0 Å². The van der Waals surface area contributed by atoms with Crippen LogP contribution in [0.3, 0.4) is 0 Å². The van der Waals surface area contributed by atoms with Crippen LogP contribution < -0.4 is 10.7 Å². The maximum atomic E-state index is 12.8. The number of carbonyl (C=O) groups excluding carboxylic acids is 2. The Hall–Kier alpha value is -2.31. The minimum Gasteiger partial charge on any atom is -0.481 e. The molecule has 0 spiro atoms. The molecule has 0 radical (unpaired) electrons. The third kappa shape index (κ3) is 4.95. The molecule has 36 heavy (non-hydrogen) atoms. The van der Waals surface area contributed by atoms with E-state index in [0.29, 0.717) is 14.6 Å². The summed E-state index contributed by atoms with van der Waals surface area (Å²) >= 11 is 11.5. The fourth-order valence-electron chi connectivity index (χ4n) is 4.09. The molecule has 12 heteroatoms. The number of hydrogen-bond donors (Lipinski definition) is 2. The molecular formula is C24H19ClN2O5S4. The number of aliphatic carboxylic acids is 1. The largest absolute Gasteiger partial charge is 0.481 e. The molecule has 0 saturated carbocycles. The monoisotopic (exact) mass is 578 g/mol. The van der Waals surface area contributed by atoms with Gasteiger partial charge < -0.3 is 15.3 Å². The third-order valence-electron chi connectivity index (χ3n) is 6.00. The van der Waals surface area contributed by atoms with Gasteiger partial charge in [-0.15, -0.1) is 34.4 Å². The van der Waals surface area contributed by atoms with Crippen molar-refractivity contribution in [1.82, 2.24) is 10.2 Å². The van der Waals surface area contributed by atoms with Crippen LogP contribution in [0.1, 0.15) is 4.88 Å². The molecule has 2 aromatic heterocycles. The molecule has 3 aromatic rings. The minimum atomic E-state index is -1.26. The van der Waals surface area contributed by atoms with Gasteiger partial charge >= 0.3 is 5.97 Å². The fourth-order valence-corrected chi connectivity index (χ4v) is 8.66. The minimum absolute atomic E-state index is 0.0246. The summed E-state index contributed by atoms with van der Waals surface area (Å²) in [7, 11) is 0. The number of benzene rings is 1. The number of carbonyl (C=O) groups is 3. The van der Waals surface area contributed by atoms with Crippen LogP contribution in [0.15, 0.2) is 62.3 Å². The van der Waals surface area contributed by atoms with Crippen molar-refractivity contribution in [3.8, 4) is 0 Å². The van der Waals surface area contributed by atoms with Crippen LogP contribution >= 0.6 is 57.8 Å². The van der Waals surface area contributed by atoms with Gasteiger partial charge in [0.2, 0.25) is 11.8 Å². The van der Waals surface area contributed by atoms with Gasteiger partial charge in [0.05, 0.1) is 10.6 Å². The van der Waals surface area contributed by atoms with E-state index in [-0.39, 0.29) is 41.3 Å². The van der Waals surface area contributed by atoms with Crippen molar-refractivity contribution in [2.75, 3.05) is 12.3 Å².